The van der Waals surface area contributed by atoms with Gasteiger partial charge in [-0.1, -0.05) is 24.4 Å². The first-order valence-corrected chi connectivity index (χ1v) is 13.9. The molecule has 0 saturated heterocycles. The standard InChI is InChI=1S/C22H26BrClFNO3S2/c1-13-8-18(23)19(25)11-17(13)10-15(4-5-16(22(26)27)9-14-2-3-14)12-31(28,29)21-7-6-20(24)30-21/h6-8,11,14-16H,2-5,9-10,12H2,1H3,(H2,26,27). The normalized spacial score (nSPS) is 16.3. The minimum absolute atomic E-state index is 0.0874. The molecule has 170 valence electrons. The van der Waals surface area contributed by atoms with Crippen molar-refractivity contribution < 1.29 is 17.6 Å². The lowest BCUT2D eigenvalue weighted by Crippen LogP contribution is -2.26. The summed E-state index contributed by atoms with van der Waals surface area (Å²) in [6, 6.07) is 6.25. The number of aryl methyl sites for hydroxylation is 1. The molecule has 31 heavy (non-hydrogen) atoms. The number of hydrogen-bond acceptors (Lipinski definition) is 4. The molecule has 0 bridgehead atoms. The van der Waals surface area contributed by atoms with Gasteiger partial charge in [-0.2, -0.15) is 0 Å². The number of halogens is 3. The number of thiophene rings is 1. The smallest absolute Gasteiger partial charge is 0.220 e. The van der Waals surface area contributed by atoms with Gasteiger partial charge in [-0.05, 0) is 95.8 Å². The number of sulfone groups is 1. The van der Waals surface area contributed by atoms with E-state index >= 15 is 0 Å². The lowest BCUT2D eigenvalue weighted by Gasteiger charge is -2.21. The zero-order valence-corrected chi connectivity index (χ0v) is 21.2. The van der Waals surface area contributed by atoms with Crippen molar-refractivity contribution in [3.8, 4) is 0 Å². The Hall–Kier alpha value is -0.960. The summed E-state index contributed by atoms with van der Waals surface area (Å²) >= 11 is 10.2. The number of rotatable bonds is 11. The average molecular weight is 551 g/mol. The Morgan fingerprint density at radius 2 is 2.03 bits per heavy atom. The quantitative estimate of drug-likeness (QED) is 0.377. The molecule has 1 aliphatic carbocycles. The van der Waals surface area contributed by atoms with E-state index < -0.39 is 9.84 Å². The molecule has 1 aromatic heterocycles. The van der Waals surface area contributed by atoms with Gasteiger partial charge in [0.15, 0.2) is 9.84 Å². The Morgan fingerprint density at radius 1 is 1.32 bits per heavy atom. The minimum atomic E-state index is -3.55. The Kier molecular flexibility index (Phi) is 8.21. The maximum atomic E-state index is 14.1. The number of amides is 1. The van der Waals surface area contributed by atoms with Crippen molar-refractivity contribution in [1.82, 2.24) is 0 Å². The molecule has 2 N–H and O–H groups in total. The third-order valence-electron chi connectivity index (χ3n) is 5.84. The fourth-order valence-corrected chi connectivity index (χ4v) is 7.59. The lowest BCUT2D eigenvalue weighted by molar-refractivity contribution is -0.122. The van der Waals surface area contributed by atoms with Crippen LogP contribution in [0.5, 0.6) is 0 Å². The van der Waals surface area contributed by atoms with Crippen molar-refractivity contribution in [2.45, 2.75) is 49.7 Å². The summed E-state index contributed by atoms with van der Waals surface area (Å²) in [7, 11) is -3.55. The van der Waals surface area contributed by atoms with Crippen LogP contribution in [-0.2, 0) is 21.1 Å². The first-order valence-electron chi connectivity index (χ1n) is 10.3. The molecule has 1 heterocycles. The summed E-state index contributed by atoms with van der Waals surface area (Å²) in [4.78, 5) is 11.9. The molecule has 1 saturated carbocycles. The van der Waals surface area contributed by atoms with E-state index in [2.05, 4.69) is 15.9 Å². The Bertz CT molecular complexity index is 1050. The number of hydrogen-bond donors (Lipinski definition) is 1. The molecule has 3 rings (SSSR count). The highest BCUT2D eigenvalue weighted by Crippen LogP contribution is 2.37. The van der Waals surface area contributed by atoms with Crippen molar-refractivity contribution in [2.24, 2.45) is 23.5 Å². The predicted octanol–water partition coefficient (Wildman–Crippen LogP) is 5.93. The summed E-state index contributed by atoms with van der Waals surface area (Å²) in [5.74, 6) is -0.769. The van der Waals surface area contributed by atoms with Gasteiger partial charge in [0.05, 0.1) is 14.6 Å². The van der Waals surface area contributed by atoms with Crippen molar-refractivity contribution in [1.29, 1.82) is 0 Å². The van der Waals surface area contributed by atoms with E-state index in [0.29, 0.717) is 34.0 Å². The second-order valence-corrected chi connectivity index (χ2v) is 13.3. The Balaban J connectivity index is 1.80. The van der Waals surface area contributed by atoms with Crippen molar-refractivity contribution in [3.05, 3.63) is 50.0 Å². The average Bonchev–Trinajstić information content (AvgIpc) is 3.39. The minimum Gasteiger partial charge on any atom is -0.369 e. The van der Waals surface area contributed by atoms with Gasteiger partial charge < -0.3 is 5.73 Å². The maximum absolute atomic E-state index is 14.1. The van der Waals surface area contributed by atoms with Crippen LogP contribution in [0.3, 0.4) is 0 Å². The molecule has 0 radical (unpaired) electrons. The zero-order chi connectivity index (χ0) is 22.8. The predicted molar refractivity (Wildman–Crippen MR) is 127 cm³/mol. The van der Waals surface area contributed by atoms with Gasteiger partial charge in [0.2, 0.25) is 5.91 Å². The fraction of sp³-hybridized carbons (Fsp3) is 0.500. The molecule has 2 aromatic rings. The van der Waals surface area contributed by atoms with Crippen molar-refractivity contribution >= 4 is 54.6 Å². The van der Waals surface area contributed by atoms with Gasteiger partial charge >= 0.3 is 0 Å². The van der Waals surface area contributed by atoms with E-state index in [9.17, 15) is 17.6 Å². The molecule has 2 unspecified atom stereocenters. The molecule has 1 fully saturated rings. The van der Waals surface area contributed by atoms with E-state index in [0.717, 1.165) is 41.7 Å². The third kappa shape index (κ3) is 7.01. The van der Waals surface area contributed by atoms with E-state index in [1.54, 1.807) is 12.1 Å². The maximum Gasteiger partial charge on any atom is 0.220 e. The molecule has 1 aromatic carbocycles. The topological polar surface area (TPSA) is 77.2 Å². The molecular formula is C22H26BrClFNO3S2. The number of carbonyl (C=O) groups excluding carboxylic acids is 1. The summed E-state index contributed by atoms with van der Waals surface area (Å²) < 4.78 is 41.2. The number of carbonyl (C=O) groups is 1. The first kappa shape index (κ1) is 24.7. The zero-order valence-electron chi connectivity index (χ0n) is 17.2. The van der Waals surface area contributed by atoms with E-state index in [1.165, 1.54) is 12.1 Å². The monoisotopic (exact) mass is 549 g/mol. The number of benzene rings is 1. The third-order valence-corrected chi connectivity index (χ3v) is 10.1. The highest BCUT2D eigenvalue weighted by molar-refractivity contribution is 9.10. The van der Waals surface area contributed by atoms with Gasteiger partial charge in [0, 0.05) is 5.92 Å². The van der Waals surface area contributed by atoms with Gasteiger partial charge in [-0.25, -0.2) is 12.8 Å². The molecule has 0 aliphatic heterocycles. The van der Waals surface area contributed by atoms with Gasteiger partial charge in [0.25, 0.3) is 0 Å². The van der Waals surface area contributed by atoms with Crippen molar-refractivity contribution in [3.63, 3.8) is 0 Å². The van der Waals surface area contributed by atoms with Crippen LogP contribution >= 0.6 is 38.9 Å². The van der Waals surface area contributed by atoms with Gasteiger partial charge in [-0.3, -0.25) is 4.79 Å². The second-order valence-electron chi connectivity index (χ2n) is 8.46. The van der Waals surface area contributed by atoms with Gasteiger partial charge in [-0.15, -0.1) is 11.3 Å². The fourth-order valence-electron chi connectivity index (χ4n) is 3.89. The van der Waals surface area contributed by atoms with Gasteiger partial charge in [0.1, 0.15) is 10.0 Å². The summed E-state index contributed by atoms with van der Waals surface area (Å²) in [6.07, 6.45) is 4.48. The van der Waals surface area contributed by atoms with Crippen molar-refractivity contribution in [2.75, 3.05) is 5.75 Å². The van der Waals surface area contributed by atoms with Crippen LogP contribution in [-0.4, -0.2) is 20.1 Å². The van der Waals surface area contributed by atoms with Crippen LogP contribution < -0.4 is 5.73 Å². The first-order chi connectivity index (χ1) is 14.5. The molecule has 2 atom stereocenters. The van der Waals surface area contributed by atoms with Crippen LogP contribution in [0.2, 0.25) is 4.34 Å². The molecule has 0 spiro atoms. The Labute approximate surface area is 200 Å². The Morgan fingerprint density at radius 3 is 2.61 bits per heavy atom. The molecule has 9 heteroatoms. The van der Waals surface area contributed by atoms with Crippen LogP contribution in [0.25, 0.3) is 0 Å². The van der Waals surface area contributed by atoms with Crippen LogP contribution in [0.15, 0.2) is 32.9 Å². The molecule has 1 aliphatic rings. The van der Waals surface area contributed by atoms with Crippen LogP contribution in [0.4, 0.5) is 4.39 Å². The number of nitrogens with two attached hydrogens (primary N) is 1. The highest BCUT2D eigenvalue weighted by Gasteiger charge is 2.30. The largest absolute Gasteiger partial charge is 0.369 e. The number of primary amides is 1. The van der Waals surface area contributed by atoms with Crippen LogP contribution in [0, 0.1) is 30.5 Å². The molecule has 1 amide bonds. The lowest BCUT2D eigenvalue weighted by atomic mass is 9.88. The molecular weight excluding hydrogens is 525 g/mol. The van der Waals surface area contributed by atoms with Crippen LogP contribution in [0.1, 0.15) is 43.2 Å². The summed E-state index contributed by atoms with van der Waals surface area (Å²) in [6.45, 7) is 1.88. The van der Waals surface area contributed by atoms with E-state index in [-0.39, 0.29) is 33.5 Å². The van der Waals surface area contributed by atoms with E-state index in [4.69, 9.17) is 17.3 Å². The summed E-state index contributed by atoms with van der Waals surface area (Å²) in [5.41, 5.74) is 7.26. The summed E-state index contributed by atoms with van der Waals surface area (Å²) in [5, 5.41) is 0. The second kappa shape index (κ2) is 10.3. The highest BCUT2D eigenvalue weighted by atomic mass is 79.9. The molecule has 4 nitrogen and oxygen atoms in total. The van der Waals surface area contributed by atoms with E-state index in [1.807, 2.05) is 6.92 Å². The SMILES string of the molecule is Cc1cc(Br)c(F)cc1CC(CCC(CC1CC1)C(N)=O)CS(=O)(=O)c1ccc(Cl)s1.